The summed E-state index contributed by atoms with van der Waals surface area (Å²) < 4.78 is 1.40. The molecule has 2 heterocycles. The van der Waals surface area contributed by atoms with Crippen molar-refractivity contribution in [2.75, 3.05) is 32.7 Å². The van der Waals surface area contributed by atoms with Crippen LogP contribution in [0.25, 0.3) is 10.9 Å². The predicted molar refractivity (Wildman–Crippen MR) is 84.7 cm³/mol. The molecule has 6 heteroatoms. The van der Waals surface area contributed by atoms with Crippen molar-refractivity contribution in [2.24, 2.45) is 0 Å². The van der Waals surface area contributed by atoms with Crippen molar-refractivity contribution in [2.45, 2.75) is 13.5 Å². The molecule has 6 nitrogen and oxygen atoms in total. The Morgan fingerprint density at radius 1 is 1.18 bits per heavy atom. The standard InChI is InChI=1S/C16H20N4O2/c1-2-18-7-9-19(10-8-18)15(21)11-20-12-17-14-6-4-3-5-13(14)16(20)22/h3-6,12H,2,7-11H2,1H3. The van der Waals surface area contributed by atoms with Crippen LogP contribution < -0.4 is 5.56 Å². The fourth-order valence-corrected chi connectivity index (χ4v) is 2.78. The summed E-state index contributed by atoms with van der Waals surface area (Å²) in [5.74, 6) is -0.0186. The largest absolute Gasteiger partial charge is 0.339 e. The summed E-state index contributed by atoms with van der Waals surface area (Å²) >= 11 is 0. The molecule has 22 heavy (non-hydrogen) atoms. The van der Waals surface area contributed by atoms with E-state index < -0.39 is 0 Å². The third kappa shape index (κ3) is 2.87. The number of amides is 1. The smallest absolute Gasteiger partial charge is 0.261 e. The Hall–Kier alpha value is -2.21. The van der Waals surface area contributed by atoms with E-state index >= 15 is 0 Å². The normalized spacial score (nSPS) is 16.1. The maximum absolute atomic E-state index is 12.4. The first-order valence-electron chi connectivity index (χ1n) is 7.63. The Labute approximate surface area is 129 Å². The molecule has 1 aromatic heterocycles. The van der Waals surface area contributed by atoms with E-state index in [1.54, 1.807) is 12.1 Å². The molecule has 1 fully saturated rings. The van der Waals surface area contributed by atoms with Gasteiger partial charge in [-0.15, -0.1) is 0 Å². The van der Waals surface area contributed by atoms with Crippen LogP contribution >= 0.6 is 0 Å². The highest BCUT2D eigenvalue weighted by Gasteiger charge is 2.20. The Balaban J connectivity index is 1.75. The molecule has 2 aromatic rings. The molecule has 1 aliphatic rings. The van der Waals surface area contributed by atoms with Crippen molar-refractivity contribution in [1.29, 1.82) is 0 Å². The Morgan fingerprint density at radius 2 is 1.91 bits per heavy atom. The molecule has 0 radical (unpaired) electrons. The van der Waals surface area contributed by atoms with Crippen molar-refractivity contribution in [1.82, 2.24) is 19.4 Å². The van der Waals surface area contributed by atoms with Crippen LogP contribution in [-0.4, -0.2) is 58.0 Å². The number of nitrogens with zero attached hydrogens (tertiary/aromatic N) is 4. The average Bonchev–Trinajstić information content (AvgIpc) is 2.57. The van der Waals surface area contributed by atoms with E-state index in [-0.39, 0.29) is 18.0 Å². The number of aromatic nitrogens is 2. The van der Waals surface area contributed by atoms with Crippen LogP contribution in [0.15, 0.2) is 35.4 Å². The summed E-state index contributed by atoms with van der Waals surface area (Å²) in [5.41, 5.74) is 0.499. The molecule has 0 unspecified atom stereocenters. The molecular weight excluding hydrogens is 280 g/mol. The lowest BCUT2D eigenvalue weighted by Gasteiger charge is -2.34. The average molecular weight is 300 g/mol. The van der Waals surface area contributed by atoms with Crippen LogP contribution in [0.2, 0.25) is 0 Å². The van der Waals surface area contributed by atoms with Crippen molar-refractivity contribution < 1.29 is 4.79 Å². The van der Waals surface area contributed by atoms with Gasteiger partial charge in [-0.1, -0.05) is 19.1 Å². The third-order valence-electron chi connectivity index (χ3n) is 4.21. The lowest BCUT2D eigenvalue weighted by molar-refractivity contribution is -0.133. The molecule has 1 saturated heterocycles. The van der Waals surface area contributed by atoms with Crippen molar-refractivity contribution in [3.63, 3.8) is 0 Å². The summed E-state index contributed by atoms with van der Waals surface area (Å²) in [6.45, 7) is 6.43. The van der Waals surface area contributed by atoms with Crippen LogP contribution in [0.3, 0.4) is 0 Å². The summed E-state index contributed by atoms with van der Waals surface area (Å²) in [4.78, 5) is 33.1. The van der Waals surface area contributed by atoms with E-state index in [9.17, 15) is 9.59 Å². The topological polar surface area (TPSA) is 58.4 Å². The van der Waals surface area contributed by atoms with Gasteiger partial charge in [-0.05, 0) is 18.7 Å². The van der Waals surface area contributed by atoms with E-state index in [1.165, 1.54) is 10.9 Å². The minimum absolute atomic E-state index is 0.0186. The SMILES string of the molecule is CCN1CCN(C(=O)Cn2cnc3ccccc3c2=O)CC1. The summed E-state index contributed by atoms with van der Waals surface area (Å²) in [6, 6.07) is 7.19. The van der Waals surface area contributed by atoms with Crippen molar-refractivity contribution in [3.8, 4) is 0 Å². The van der Waals surface area contributed by atoms with Gasteiger partial charge in [0, 0.05) is 26.2 Å². The molecule has 1 amide bonds. The lowest BCUT2D eigenvalue weighted by atomic mass is 10.2. The Morgan fingerprint density at radius 3 is 2.64 bits per heavy atom. The molecule has 1 aromatic carbocycles. The summed E-state index contributed by atoms with van der Waals surface area (Å²) in [6.07, 6.45) is 1.46. The molecule has 0 N–H and O–H groups in total. The molecule has 0 saturated carbocycles. The summed E-state index contributed by atoms with van der Waals surface area (Å²) in [5, 5.41) is 0.550. The molecule has 0 atom stereocenters. The van der Waals surface area contributed by atoms with Gasteiger partial charge in [-0.25, -0.2) is 4.98 Å². The van der Waals surface area contributed by atoms with Crippen molar-refractivity contribution >= 4 is 16.8 Å². The second-order valence-corrected chi connectivity index (χ2v) is 5.51. The van der Waals surface area contributed by atoms with Gasteiger partial charge in [0.2, 0.25) is 5.91 Å². The number of hydrogen-bond donors (Lipinski definition) is 0. The van der Waals surface area contributed by atoms with E-state index in [0.717, 1.165) is 32.7 Å². The molecule has 0 spiro atoms. The molecule has 116 valence electrons. The first-order valence-corrected chi connectivity index (χ1v) is 7.63. The van der Waals surface area contributed by atoms with E-state index in [1.807, 2.05) is 17.0 Å². The Kier molecular flexibility index (Phi) is 4.20. The minimum Gasteiger partial charge on any atom is -0.339 e. The number of carbonyl (C=O) groups is 1. The van der Waals surface area contributed by atoms with Gasteiger partial charge in [0.25, 0.3) is 5.56 Å². The van der Waals surface area contributed by atoms with Gasteiger partial charge in [-0.2, -0.15) is 0 Å². The van der Waals surface area contributed by atoms with E-state index in [0.29, 0.717) is 10.9 Å². The second kappa shape index (κ2) is 6.27. The monoisotopic (exact) mass is 300 g/mol. The first-order chi connectivity index (χ1) is 10.7. The van der Waals surface area contributed by atoms with Gasteiger partial charge < -0.3 is 9.80 Å². The van der Waals surface area contributed by atoms with Crippen LogP contribution in [0.4, 0.5) is 0 Å². The van der Waals surface area contributed by atoms with Crippen LogP contribution in [-0.2, 0) is 11.3 Å². The number of para-hydroxylation sites is 1. The highest BCUT2D eigenvalue weighted by Crippen LogP contribution is 2.06. The number of fused-ring (bicyclic) bond motifs is 1. The third-order valence-corrected chi connectivity index (χ3v) is 4.21. The Bertz CT molecular complexity index is 732. The molecule has 0 aliphatic carbocycles. The number of hydrogen-bond acceptors (Lipinski definition) is 4. The van der Waals surface area contributed by atoms with Gasteiger partial charge in [0.15, 0.2) is 0 Å². The molecular formula is C16H20N4O2. The predicted octanol–water partition coefficient (Wildman–Crippen LogP) is 0.561. The zero-order valence-corrected chi connectivity index (χ0v) is 12.7. The van der Waals surface area contributed by atoms with Gasteiger partial charge in [0.1, 0.15) is 6.54 Å². The van der Waals surface area contributed by atoms with Crippen molar-refractivity contribution in [3.05, 3.63) is 40.9 Å². The quantitative estimate of drug-likeness (QED) is 0.831. The fourth-order valence-electron chi connectivity index (χ4n) is 2.78. The highest BCUT2D eigenvalue weighted by atomic mass is 16.2. The van der Waals surface area contributed by atoms with Crippen LogP contribution in [0.1, 0.15) is 6.92 Å². The number of carbonyl (C=O) groups excluding carboxylic acids is 1. The zero-order chi connectivity index (χ0) is 15.5. The zero-order valence-electron chi connectivity index (χ0n) is 12.7. The number of benzene rings is 1. The van der Waals surface area contributed by atoms with Gasteiger partial charge >= 0.3 is 0 Å². The van der Waals surface area contributed by atoms with E-state index in [2.05, 4.69) is 16.8 Å². The molecule has 0 bridgehead atoms. The molecule has 3 rings (SSSR count). The maximum Gasteiger partial charge on any atom is 0.261 e. The number of likely N-dealkylation sites (N-methyl/N-ethyl adjacent to an activating group) is 1. The highest BCUT2D eigenvalue weighted by molar-refractivity contribution is 5.79. The molecule has 1 aliphatic heterocycles. The van der Waals surface area contributed by atoms with Gasteiger partial charge in [0.05, 0.1) is 17.2 Å². The van der Waals surface area contributed by atoms with E-state index in [4.69, 9.17) is 0 Å². The fraction of sp³-hybridized carbons (Fsp3) is 0.438. The number of piperazine rings is 1. The van der Waals surface area contributed by atoms with Gasteiger partial charge in [-0.3, -0.25) is 14.2 Å². The maximum atomic E-state index is 12.4. The second-order valence-electron chi connectivity index (χ2n) is 5.51. The van der Waals surface area contributed by atoms with Crippen LogP contribution in [0, 0.1) is 0 Å². The first kappa shape index (κ1) is 14.7. The lowest BCUT2D eigenvalue weighted by Crippen LogP contribution is -2.49. The van der Waals surface area contributed by atoms with Crippen LogP contribution in [0.5, 0.6) is 0 Å². The summed E-state index contributed by atoms with van der Waals surface area (Å²) in [7, 11) is 0. The number of rotatable bonds is 3. The minimum atomic E-state index is -0.161.